The number of aromatic nitrogens is 1. The van der Waals surface area contributed by atoms with E-state index in [9.17, 15) is 4.79 Å². The van der Waals surface area contributed by atoms with E-state index in [1.807, 2.05) is 11.0 Å². The van der Waals surface area contributed by atoms with E-state index in [1.165, 1.54) is 11.1 Å². The topological polar surface area (TPSA) is 48.1 Å². The number of carbonyl (C=O) groups excluding carboxylic acids is 1. The highest BCUT2D eigenvalue weighted by molar-refractivity contribution is 5.99. The summed E-state index contributed by atoms with van der Waals surface area (Å²) in [5.74, 6) is 0.103. The summed E-state index contributed by atoms with van der Waals surface area (Å²) < 4.78 is 0. The van der Waals surface area contributed by atoms with Crippen LogP contribution < -0.4 is 5.32 Å². The molecule has 20 heavy (non-hydrogen) atoms. The van der Waals surface area contributed by atoms with Crippen LogP contribution in [0.5, 0.6) is 0 Å². The van der Waals surface area contributed by atoms with E-state index in [0.29, 0.717) is 11.7 Å². The molecule has 1 aromatic carbocycles. The van der Waals surface area contributed by atoms with Gasteiger partial charge in [-0.3, -0.25) is 4.79 Å². The number of aryl methyl sites for hydroxylation is 2. The van der Waals surface area contributed by atoms with Crippen LogP contribution in [-0.2, 0) is 0 Å². The fourth-order valence-corrected chi connectivity index (χ4v) is 3.00. The maximum atomic E-state index is 12.6. The molecule has 0 spiro atoms. The van der Waals surface area contributed by atoms with Gasteiger partial charge in [0.25, 0.3) is 5.91 Å². The van der Waals surface area contributed by atoms with Crippen LogP contribution in [0.4, 0.5) is 0 Å². The molecule has 0 radical (unpaired) electrons. The second-order valence-corrected chi connectivity index (χ2v) is 5.83. The van der Waals surface area contributed by atoms with E-state index in [2.05, 4.69) is 43.2 Å². The molecule has 1 saturated heterocycles. The van der Waals surface area contributed by atoms with Gasteiger partial charge in [0, 0.05) is 36.6 Å². The summed E-state index contributed by atoms with van der Waals surface area (Å²) in [4.78, 5) is 17.8. The van der Waals surface area contributed by atoms with Gasteiger partial charge in [-0.15, -0.1) is 0 Å². The van der Waals surface area contributed by atoms with E-state index >= 15 is 0 Å². The van der Waals surface area contributed by atoms with E-state index in [1.54, 1.807) is 0 Å². The first-order valence-electron chi connectivity index (χ1n) is 7.17. The van der Waals surface area contributed by atoms with Crippen molar-refractivity contribution in [2.75, 3.05) is 19.6 Å². The van der Waals surface area contributed by atoms with Crippen molar-refractivity contribution < 1.29 is 4.79 Å². The number of aromatic amines is 1. The molecule has 2 heterocycles. The molecule has 1 fully saturated rings. The molecule has 2 N–H and O–H groups in total. The number of nitrogens with zero attached hydrogens (tertiary/aromatic N) is 1. The molecule has 4 heteroatoms. The molecule has 4 nitrogen and oxygen atoms in total. The lowest BCUT2D eigenvalue weighted by molar-refractivity contribution is 0.0704. The van der Waals surface area contributed by atoms with Gasteiger partial charge in [0.15, 0.2) is 0 Å². The van der Waals surface area contributed by atoms with Crippen LogP contribution in [0.15, 0.2) is 18.2 Å². The van der Waals surface area contributed by atoms with Gasteiger partial charge in [0.2, 0.25) is 0 Å². The number of rotatable bonds is 1. The Labute approximate surface area is 119 Å². The van der Waals surface area contributed by atoms with Gasteiger partial charge < -0.3 is 15.2 Å². The number of hydrogen-bond acceptors (Lipinski definition) is 2. The summed E-state index contributed by atoms with van der Waals surface area (Å²) in [6, 6.07) is 6.59. The minimum atomic E-state index is 0.103. The Bertz CT molecular complexity index is 659. The van der Waals surface area contributed by atoms with Crippen molar-refractivity contribution in [2.24, 2.45) is 0 Å². The van der Waals surface area contributed by atoms with E-state index in [0.717, 1.165) is 30.5 Å². The van der Waals surface area contributed by atoms with Gasteiger partial charge in [0.05, 0.1) is 0 Å². The summed E-state index contributed by atoms with van der Waals surface area (Å²) in [6.45, 7) is 8.68. The largest absolute Gasteiger partial charge is 0.351 e. The highest BCUT2D eigenvalue weighted by atomic mass is 16.2. The fourth-order valence-electron chi connectivity index (χ4n) is 3.00. The number of piperazine rings is 1. The Morgan fingerprint density at radius 1 is 1.30 bits per heavy atom. The van der Waals surface area contributed by atoms with Crippen molar-refractivity contribution in [3.8, 4) is 0 Å². The van der Waals surface area contributed by atoms with Crippen LogP contribution in [0.25, 0.3) is 10.9 Å². The second-order valence-electron chi connectivity index (χ2n) is 5.83. The van der Waals surface area contributed by atoms with Crippen molar-refractivity contribution >= 4 is 16.8 Å². The Morgan fingerprint density at radius 2 is 2.10 bits per heavy atom. The lowest BCUT2D eigenvalue weighted by Gasteiger charge is -2.31. The Hall–Kier alpha value is -1.81. The van der Waals surface area contributed by atoms with Crippen LogP contribution in [-0.4, -0.2) is 41.5 Å². The summed E-state index contributed by atoms with van der Waals surface area (Å²) in [5.41, 5.74) is 4.17. The monoisotopic (exact) mass is 271 g/mol. The highest BCUT2D eigenvalue weighted by Gasteiger charge is 2.23. The first-order valence-corrected chi connectivity index (χ1v) is 7.17. The number of carbonyl (C=O) groups is 1. The van der Waals surface area contributed by atoms with Gasteiger partial charge in [-0.05, 0) is 44.0 Å². The second kappa shape index (κ2) is 4.94. The van der Waals surface area contributed by atoms with Gasteiger partial charge in [-0.25, -0.2) is 0 Å². The zero-order valence-electron chi connectivity index (χ0n) is 12.3. The van der Waals surface area contributed by atoms with Gasteiger partial charge in [0.1, 0.15) is 5.69 Å². The summed E-state index contributed by atoms with van der Waals surface area (Å²) in [5, 5.41) is 4.50. The zero-order valence-corrected chi connectivity index (χ0v) is 12.3. The number of nitrogens with one attached hydrogen (secondary N) is 2. The quantitative estimate of drug-likeness (QED) is 0.835. The maximum absolute atomic E-state index is 12.6. The molecule has 0 aliphatic carbocycles. The minimum absolute atomic E-state index is 0.103. The third-order valence-corrected chi connectivity index (χ3v) is 3.98. The molecule has 0 bridgehead atoms. The molecule has 1 aliphatic rings. The number of H-pyrrole nitrogens is 1. The molecular weight excluding hydrogens is 250 g/mol. The van der Waals surface area contributed by atoms with Crippen molar-refractivity contribution in [3.05, 3.63) is 35.0 Å². The Morgan fingerprint density at radius 3 is 2.85 bits per heavy atom. The van der Waals surface area contributed by atoms with Crippen molar-refractivity contribution in [2.45, 2.75) is 26.8 Å². The predicted molar refractivity (Wildman–Crippen MR) is 81.1 cm³/mol. The van der Waals surface area contributed by atoms with Crippen LogP contribution >= 0.6 is 0 Å². The Balaban J connectivity index is 1.93. The first-order chi connectivity index (χ1) is 9.54. The van der Waals surface area contributed by atoms with Crippen LogP contribution in [0.3, 0.4) is 0 Å². The standard InChI is InChI=1S/C16H21N3O/c1-10-6-11(2)13-8-15(18-14(13)7-10)16(20)19-5-4-17-12(3)9-19/h6-8,12,17-18H,4-5,9H2,1-3H3/t12-/m1/s1. The van der Waals surface area contributed by atoms with E-state index < -0.39 is 0 Å². The highest BCUT2D eigenvalue weighted by Crippen LogP contribution is 2.22. The summed E-state index contributed by atoms with van der Waals surface area (Å²) in [7, 11) is 0. The molecular formula is C16H21N3O. The van der Waals surface area contributed by atoms with Gasteiger partial charge in [-0.2, -0.15) is 0 Å². The molecule has 1 aromatic heterocycles. The van der Waals surface area contributed by atoms with Crippen molar-refractivity contribution in [1.29, 1.82) is 0 Å². The number of hydrogen-bond donors (Lipinski definition) is 2. The Kier molecular flexibility index (Phi) is 3.26. The lowest BCUT2D eigenvalue weighted by atomic mass is 10.1. The molecule has 1 amide bonds. The molecule has 1 aliphatic heterocycles. The van der Waals surface area contributed by atoms with Crippen molar-refractivity contribution in [1.82, 2.24) is 15.2 Å². The molecule has 106 valence electrons. The van der Waals surface area contributed by atoms with Gasteiger partial charge in [-0.1, -0.05) is 6.07 Å². The summed E-state index contributed by atoms with van der Waals surface area (Å²) in [6.07, 6.45) is 0. The third-order valence-electron chi connectivity index (χ3n) is 3.98. The molecule has 0 unspecified atom stereocenters. The average Bonchev–Trinajstić information content (AvgIpc) is 2.82. The predicted octanol–water partition coefficient (Wildman–Crippen LogP) is 2.22. The SMILES string of the molecule is Cc1cc(C)c2cc(C(=O)N3CCN[C@H](C)C3)[nH]c2c1. The lowest BCUT2D eigenvalue weighted by Crippen LogP contribution is -2.51. The third kappa shape index (κ3) is 2.31. The number of benzene rings is 1. The molecule has 1 atom stereocenters. The molecule has 3 rings (SSSR count). The number of fused-ring (bicyclic) bond motifs is 1. The van der Waals surface area contributed by atoms with Gasteiger partial charge >= 0.3 is 0 Å². The smallest absolute Gasteiger partial charge is 0.270 e. The van der Waals surface area contributed by atoms with Crippen LogP contribution in [0.2, 0.25) is 0 Å². The van der Waals surface area contributed by atoms with Crippen LogP contribution in [0.1, 0.15) is 28.5 Å². The number of amides is 1. The average molecular weight is 271 g/mol. The maximum Gasteiger partial charge on any atom is 0.270 e. The van der Waals surface area contributed by atoms with E-state index in [-0.39, 0.29) is 5.91 Å². The summed E-state index contributed by atoms with van der Waals surface area (Å²) >= 11 is 0. The molecule has 0 saturated carbocycles. The van der Waals surface area contributed by atoms with Crippen molar-refractivity contribution in [3.63, 3.8) is 0 Å². The minimum Gasteiger partial charge on any atom is -0.351 e. The van der Waals surface area contributed by atoms with Crippen LogP contribution in [0, 0.1) is 13.8 Å². The molecule has 2 aromatic rings. The first kappa shape index (κ1) is 13.2. The van der Waals surface area contributed by atoms with E-state index in [4.69, 9.17) is 0 Å². The zero-order chi connectivity index (χ0) is 14.3. The normalized spacial score (nSPS) is 19.6. The fraction of sp³-hybridized carbons (Fsp3) is 0.438.